The molecular weight excluding hydrogens is 690 g/mol. The van der Waals surface area contributed by atoms with Crippen molar-refractivity contribution in [1.29, 1.82) is 0 Å². The van der Waals surface area contributed by atoms with Crippen molar-refractivity contribution in [1.82, 2.24) is 15.0 Å². The minimum absolute atomic E-state index is 0.108. The first-order valence-electron chi connectivity index (χ1n) is 18.1. The maximum Gasteiger partial charge on any atom is 0.167 e. The Morgan fingerprint density at radius 2 is 0.895 bits per heavy atom. The summed E-state index contributed by atoms with van der Waals surface area (Å²) < 4.78 is 12.5. The van der Waals surface area contributed by atoms with Crippen LogP contribution in [-0.2, 0) is 0 Å². The molecule has 0 unspecified atom stereocenters. The molecule has 0 amide bonds. The zero-order valence-corrected chi connectivity index (χ0v) is 30.2. The lowest BCUT2D eigenvalue weighted by Crippen LogP contribution is -2.47. The van der Waals surface area contributed by atoms with E-state index in [1.54, 1.807) is 0 Å². The summed E-state index contributed by atoms with van der Waals surface area (Å²) >= 11 is 0. The van der Waals surface area contributed by atoms with E-state index in [1.165, 1.54) is 0 Å². The standard InChI is InChI=1S/C45H20B7N3O2/c46-33-30(34(47)38(51)41-31(33)32-35(48)36(49)37(50)39(52)42(32)57-41)24-10-6-11-25(20-24)44-53-43(23-18-16-22(17-19-23)21-8-2-1-3-9-21)54-45(55-44)28-14-7-13-27-26-12-4-5-15-29(26)56-40(27)28/h1-20H. The molecule has 0 aliphatic heterocycles. The van der Waals surface area contributed by atoms with Crippen LogP contribution in [0.15, 0.2) is 130 Å². The van der Waals surface area contributed by atoms with Gasteiger partial charge in [0, 0.05) is 32.7 Å². The molecule has 0 saturated carbocycles. The minimum atomic E-state index is 0.108. The van der Waals surface area contributed by atoms with Gasteiger partial charge in [0.2, 0.25) is 0 Å². The first-order valence-corrected chi connectivity index (χ1v) is 18.1. The summed E-state index contributed by atoms with van der Waals surface area (Å²) in [6.45, 7) is 0. The van der Waals surface area contributed by atoms with Crippen LogP contribution in [0.3, 0.4) is 0 Å². The number of nitrogens with zero attached hydrogens (tertiary/aromatic N) is 3. The summed E-state index contributed by atoms with van der Waals surface area (Å²) in [5.41, 5.74) is 8.57. The van der Waals surface area contributed by atoms with Gasteiger partial charge in [0.15, 0.2) is 17.5 Å². The molecule has 248 valence electrons. The molecule has 7 aromatic carbocycles. The van der Waals surface area contributed by atoms with Crippen molar-refractivity contribution in [2.24, 2.45) is 0 Å². The van der Waals surface area contributed by atoms with Gasteiger partial charge in [-0.2, -0.15) is 0 Å². The average Bonchev–Trinajstić information content (AvgIpc) is 3.85. The largest absolute Gasteiger partial charge is 0.457 e. The van der Waals surface area contributed by atoms with Crippen molar-refractivity contribution in [2.45, 2.75) is 0 Å². The number of rotatable bonds is 5. The van der Waals surface area contributed by atoms with Gasteiger partial charge >= 0.3 is 0 Å². The van der Waals surface area contributed by atoms with E-state index in [-0.39, 0.29) is 49.4 Å². The van der Waals surface area contributed by atoms with Crippen LogP contribution in [0.5, 0.6) is 0 Å². The number of hydrogen-bond acceptors (Lipinski definition) is 5. The third kappa shape index (κ3) is 5.53. The third-order valence-electron chi connectivity index (χ3n) is 10.6. The first kappa shape index (κ1) is 35.0. The van der Waals surface area contributed by atoms with Gasteiger partial charge in [-0.25, -0.2) is 15.0 Å². The van der Waals surface area contributed by atoms with E-state index in [0.717, 1.165) is 38.6 Å². The first-order chi connectivity index (χ1) is 27.7. The zero-order valence-electron chi connectivity index (χ0n) is 30.2. The molecule has 0 aliphatic carbocycles. The van der Waals surface area contributed by atoms with E-state index in [1.807, 2.05) is 97.1 Å². The monoisotopic (exact) mass is 711 g/mol. The van der Waals surface area contributed by atoms with Crippen molar-refractivity contribution in [3.8, 4) is 56.4 Å². The van der Waals surface area contributed by atoms with Gasteiger partial charge in [-0.05, 0) is 40.5 Å². The van der Waals surface area contributed by atoms with Crippen molar-refractivity contribution < 1.29 is 8.83 Å². The summed E-state index contributed by atoms with van der Waals surface area (Å²) in [6, 6.07) is 39.8. The van der Waals surface area contributed by atoms with Crippen molar-refractivity contribution >= 4 is 137 Å². The fourth-order valence-electron chi connectivity index (χ4n) is 7.64. The van der Waals surface area contributed by atoms with E-state index in [0.29, 0.717) is 50.5 Å². The second kappa shape index (κ2) is 13.4. The van der Waals surface area contributed by atoms with Gasteiger partial charge in [0.1, 0.15) is 77.3 Å². The van der Waals surface area contributed by atoms with Gasteiger partial charge in [0.25, 0.3) is 0 Å². The summed E-state index contributed by atoms with van der Waals surface area (Å²) in [4.78, 5) is 15.1. The molecule has 57 heavy (non-hydrogen) atoms. The third-order valence-corrected chi connectivity index (χ3v) is 10.6. The van der Waals surface area contributed by atoms with E-state index < -0.39 is 0 Å². The smallest absolute Gasteiger partial charge is 0.167 e. The van der Waals surface area contributed by atoms with Crippen molar-refractivity contribution in [3.63, 3.8) is 0 Å². The molecule has 10 rings (SSSR count). The van der Waals surface area contributed by atoms with E-state index in [4.69, 9.17) is 78.7 Å². The summed E-state index contributed by atoms with van der Waals surface area (Å²) in [5, 5.41) is 2.79. The number of para-hydroxylation sites is 2. The highest BCUT2D eigenvalue weighted by Crippen LogP contribution is 2.36. The number of hydrogen-bond donors (Lipinski definition) is 0. The Bertz CT molecular complexity index is 3270. The van der Waals surface area contributed by atoms with E-state index in [2.05, 4.69) is 24.3 Å². The molecule has 0 spiro atoms. The highest BCUT2D eigenvalue weighted by Gasteiger charge is 2.23. The zero-order chi connectivity index (χ0) is 39.1. The normalized spacial score (nSPS) is 11.6. The molecule has 10 aromatic rings. The van der Waals surface area contributed by atoms with Crippen LogP contribution < -0.4 is 38.2 Å². The van der Waals surface area contributed by atoms with E-state index >= 15 is 0 Å². The Hall–Kier alpha value is -6.40. The Labute approximate surface area is 337 Å². The molecule has 0 bridgehead atoms. The summed E-state index contributed by atoms with van der Waals surface area (Å²) in [6.07, 6.45) is 0. The molecular formula is C45H20B7N3O2. The minimum Gasteiger partial charge on any atom is -0.457 e. The van der Waals surface area contributed by atoms with Crippen molar-refractivity contribution in [2.75, 3.05) is 0 Å². The van der Waals surface area contributed by atoms with Gasteiger partial charge in [-0.1, -0.05) is 130 Å². The Morgan fingerprint density at radius 3 is 1.67 bits per heavy atom. The number of aromatic nitrogens is 3. The molecule has 5 nitrogen and oxygen atoms in total. The van der Waals surface area contributed by atoms with Crippen LogP contribution in [0, 0.1) is 0 Å². The lowest BCUT2D eigenvalue weighted by Gasteiger charge is -2.17. The molecule has 12 heteroatoms. The maximum atomic E-state index is 6.95. The second-order valence-corrected chi connectivity index (χ2v) is 13.9. The molecule has 3 heterocycles. The Balaban J connectivity index is 1.17. The topological polar surface area (TPSA) is 65.0 Å². The Morgan fingerprint density at radius 1 is 0.351 bits per heavy atom. The SMILES string of the molecule is [B]c1c([B])c([B])c2c(oc3c([B])c([B])c(-c4cccc(-c5nc(-c6ccc(-c7ccccc7)cc6)nc(-c6cccc7c6oc6ccccc67)n5)c4)c([B])c32)c1[B]. The number of benzene rings is 7. The van der Waals surface area contributed by atoms with Crippen molar-refractivity contribution in [3.05, 3.63) is 121 Å². The highest BCUT2D eigenvalue weighted by molar-refractivity contribution is 6.69. The van der Waals surface area contributed by atoms with Crippen LogP contribution in [0.2, 0.25) is 0 Å². The predicted octanol–water partition coefficient (Wildman–Crippen LogP) is 3.56. The lowest BCUT2D eigenvalue weighted by molar-refractivity contribution is 0.669. The molecule has 14 radical (unpaired) electrons. The van der Waals surface area contributed by atoms with E-state index in [9.17, 15) is 0 Å². The fourth-order valence-corrected chi connectivity index (χ4v) is 7.64. The quantitative estimate of drug-likeness (QED) is 0.256. The van der Waals surface area contributed by atoms with Gasteiger partial charge in [-0.15, -0.1) is 10.9 Å². The molecule has 0 aliphatic rings. The highest BCUT2D eigenvalue weighted by atomic mass is 16.3. The second-order valence-electron chi connectivity index (χ2n) is 13.9. The lowest BCUT2D eigenvalue weighted by atomic mass is 9.64. The summed E-state index contributed by atoms with van der Waals surface area (Å²) in [7, 11) is 45.5. The molecule has 0 N–H and O–H groups in total. The Kier molecular flexibility index (Phi) is 8.22. The molecule has 0 atom stereocenters. The van der Waals surface area contributed by atoms with Crippen LogP contribution >= 0.6 is 0 Å². The summed E-state index contributed by atoms with van der Waals surface area (Å²) in [5.74, 6) is 1.33. The number of fused-ring (bicyclic) bond motifs is 6. The predicted molar refractivity (Wildman–Crippen MR) is 239 cm³/mol. The van der Waals surface area contributed by atoms with Gasteiger partial charge in [-0.3, -0.25) is 0 Å². The van der Waals surface area contributed by atoms with Crippen LogP contribution in [0.1, 0.15) is 0 Å². The van der Waals surface area contributed by atoms with Crippen LogP contribution in [0.25, 0.3) is 100 Å². The molecule has 3 aromatic heterocycles. The van der Waals surface area contributed by atoms with Crippen LogP contribution in [0.4, 0.5) is 0 Å². The molecule has 0 saturated heterocycles. The fraction of sp³-hybridized carbons (Fsp3) is 0. The molecule has 0 fully saturated rings. The maximum absolute atomic E-state index is 6.95. The van der Waals surface area contributed by atoms with Gasteiger partial charge in [0.05, 0.1) is 5.56 Å². The number of furan rings is 2. The average molecular weight is 710 g/mol. The van der Waals surface area contributed by atoms with Crippen LogP contribution in [-0.4, -0.2) is 69.9 Å². The van der Waals surface area contributed by atoms with Gasteiger partial charge < -0.3 is 8.83 Å².